The van der Waals surface area contributed by atoms with Crippen molar-refractivity contribution in [2.24, 2.45) is 11.8 Å². The topological polar surface area (TPSA) is 53.5 Å². The molecule has 0 atom stereocenters. The maximum atomic E-state index is 13.0. The number of pyridine rings is 1. The second-order valence-corrected chi connectivity index (χ2v) is 8.26. The van der Waals surface area contributed by atoms with Gasteiger partial charge in [0.25, 0.3) is 5.91 Å². The molecular formula is C21H29N3O2. The Bertz CT molecular complexity index is 701. The molecule has 2 aliphatic heterocycles. The first-order valence-corrected chi connectivity index (χ1v) is 10.1. The van der Waals surface area contributed by atoms with Gasteiger partial charge in [0.05, 0.1) is 16.8 Å². The number of piperidine rings is 1. The molecule has 1 saturated heterocycles. The summed E-state index contributed by atoms with van der Waals surface area (Å²) < 4.78 is 0. The van der Waals surface area contributed by atoms with Crippen LogP contribution in [0.25, 0.3) is 0 Å². The Morgan fingerprint density at radius 3 is 2.58 bits per heavy atom. The molecule has 5 heteroatoms. The number of rotatable bonds is 2. The molecule has 140 valence electrons. The van der Waals surface area contributed by atoms with Crippen molar-refractivity contribution in [3.63, 3.8) is 0 Å². The van der Waals surface area contributed by atoms with E-state index in [0.717, 1.165) is 55.9 Å². The van der Waals surface area contributed by atoms with Crippen LogP contribution in [0.5, 0.6) is 0 Å². The molecule has 0 bridgehead atoms. The number of likely N-dealkylation sites (tertiary alicyclic amines) is 1. The van der Waals surface area contributed by atoms with Crippen LogP contribution in [0.3, 0.4) is 0 Å². The highest BCUT2D eigenvalue weighted by molar-refractivity contribution is 5.99. The lowest BCUT2D eigenvalue weighted by Gasteiger charge is -2.45. The number of hydrogen-bond donors (Lipinski definition) is 0. The number of fused-ring (bicyclic) bond motifs is 2. The molecule has 1 spiro atoms. The van der Waals surface area contributed by atoms with Crippen LogP contribution < -0.4 is 0 Å². The third-order valence-electron chi connectivity index (χ3n) is 6.82. The molecular weight excluding hydrogens is 326 g/mol. The minimum Gasteiger partial charge on any atom is -0.342 e. The summed E-state index contributed by atoms with van der Waals surface area (Å²) in [4.78, 5) is 34.4. The Morgan fingerprint density at radius 1 is 1.23 bits per heavy atom. The molecule has 0 aromatic carbocycles. The fraction of sp³-hybridized carbons (Fsp3) is 0.667. The molecule has 2 fully saturated rings. The zero-order valence-electron chi connectivity index (χ0n) is 15.9. The van der Waals surface area contributed by atoms with E-state index in [1.807, 2.05) is 28.9 Å². The summed E-state index contributed by atoms with van der Waals surface area (Å²) >= 11 is 0. The van der Waals surface area contributed by atoms with Crippen molar-refractivity contribution >= 4 is 11.8 Å². The average Bonchev–Trinajstić information content (AvgIpc) is 2.91. The van der Waals surface area contributed by atoms with Gasteiger partial charge in [0.1, 0.15) is 0 Å². The van der Waals surface area contributed by atoms with Crippen molar-refractivity contribution in [3.05, 3.63) is 29.6 Å². The summed E-state index contributed by atoms with van der Waals surface area (Å²) in [6, 6.07) is 3.73. The summed E-state index contributed by atoms with van der Waals surface area (Å²) in [5.41, 5.74) is 1.35. The van der Waals surface area contributed by atoms with Crippen molar-refractivity contribution in [1.82, 2.24) is 14.8 Å². The van der Waals surface area contributed by atoms with Crippen molar-refractivity contribution in [2.45, 2.75) is 57.9 Å². The zero-order chi connectivity index (χ0) is 18.3. The van der Waals surface area contributed by atoms with Gasteiger partial charge in [-0.2, -0.15) is 0 Å². The second kappa shape index (κ2) is 6.67. The van der Waals surface area contributed by atoms with Crippen molar-refractivity contribution < 1.29 is 9.59 Å². The molecule has 3 heterocycles. The van der Waals surface area contributed by atoms with Crippen molar-refractivity contribution in [3.8, 4) is 0 Å². The lowest BCUT2D eigenvalue weighted by molar-refractivity contribution is -0.139. The standard InChI is InChI=1S/C21H29N3O2/c1-3-24-20(26)17-5-4-12-22-18(17)21(24)10-13-23(14-11-21)19(25)16-8-6-15(2)7-9-16/h4-5,12,15-16H,3,6-11,13-14H2,1-2H3. The van der Waals surface area contributed by atoms with E-state index in [1.165, 1.54) is 12.8 Å². The highest BCUT2D eigenvalue weighted by atomic mass is 16.2. The van der Waals surface area contributed by atoms with Gasteiger partial charge in [-0.1, -0.05) is 6.92 Å². The number of aromatic nitrogens is 1. The lowest BCUT2D eigenvalue weighted by Crippen LogP contribution is -2.53. The molecule has 0 N–H and O–H groups in total. The molecule has 1 aliphatic carbocycles. The second-order valence-electron chi connectivity index (χ2n) is 8.26. The summed E-state index contributed by atoms with van der Waals surface area (Å²) in [6.07, 6.45) is 7.79. The third-order valence-corrected chi connectivity index (χ3v) is 6.82. The number of carbonyl (C=O) groups is 2. The van der Waals surface area contributed by atoms with Gasteiger partial charge in [-0.15, -0.1) is 0 Å². The Balaban J connectivity index is 1.50. The fourth-order valence-corrected chi connectivity index (χ4v) is 5.23. The van der Waals surface area contributed by atoms with Crippen LogP contribution in [-0.2, 0) is 10.3 Å². The monoisotopic (exact) mass is 355 g/mol. The highest BCUT2D eigenvalue weighted by Crippen LogP contribution is 2.45. The maximum Gasteiger partial charge on any atom is 0.256 e. The van der Waals surface area contributed by atoms with E-state index in [1.54, 1.807) is 6.20 Å². The largest absolute Gasteiger partial charge is 0.342 e. The summed E-state index contributed by atoms with van der Waals surface area (Å²) in [6.45, 7) is 6.46. The summed E-state index contributed by atoms with van der Waals surface area (Å²) in [7, 11) is 0. The van der Waals surface area contributed by atoms with Gasteiger partial charge in [0.15, 0.2) is 0 Å². The average molecular weight is 355 g/mol. The Kier molecular flexibility index (Phi) is 4.49. The molecule has 0 radical (unpaired) electrons. The molecule has 1 aromatic heterocycles. The normalized spacial score (nSPS) is 27.7. The van der Waals surface area contributed by atoms with Crippen LogP contribution in [0.2, 0.25) is 0 Å². The molecule has 1 aromatic rings. The van der Waals surface area contributed by atoms with Crippen LogP contribution in [0.4, 0.5) is 0 Å². The van der Waals surface area contributed by atoms with Gasteiger partial charge in [-0.3, -0.25) is 14.6 Å². The first kappa shape index (κ1) is 17.5. The van der Waals surface area contributed by atoms with Crippen LogP contribution in [0.15, 0.2) is 18.3 Å². The smallest absolute Gasteiger partial charge is 0.256 e. The Morgan fingerprint density at radius 2 is 1.92 bits per heavy atom. The van der Waals surface area contributed by atoms with E-state index in [-0.39, 0.29) is 17.4 Å². The number of hydrogen-bond acceptors (Lipinski definition) is 3. The predicted octanol–water partition coefficient (Wildman–Crippen LogP) is 3.20. The molecule has 26 heavy (non-hydrogen) atoms. The first-order valence-electron chi connectivity index (χ1n) is 10.1. The van der Waals surface area contributed by atoms with Crippen LogP contribution in [0.1, 0.15) is 68.4 Å². The molecule has 2 amide bonds. The van der Waals surface area contributed by atoms with E-state index >= 15 is 0 Å². The number of carbonyl (C=O) groups excluding carboxylic acids is 2. The summed E-state index contributed by atoms with van der Waals surface area (Å²) in [5.74, 6) is 1.39. The molecule has 5 nitrogen and oxygen atoms in total. The van der Waals surface area contributed by atoms with Gasteiger partial charge in [-0.05, 0) is 63.5 Å². The fourth-order valence-electron chi connectivity index (χ4n) is 5.23. The van der Waals surface area contributed by atoms with Crippen LogP contribution in [0, 0.1) is 11.8 Å². The molecule has 0 unspecified atom stereocenters. The Hall–Kier alpha value is -1.91. The minimum atomic E-state index is -0.319. The molecule has 1 saturated carbocycles. The van der Waals surface area contributed by atoms with Gasteiger partial charge in [0.2, 0.25) is 5.91 Å². The van der Waals surface area contributed by atoms with E-state index in [4.69, 9.17) is 0 Å². The quantitative estimate of drug-likeness (QED) is 0.819. The van der Waals surface area contributed by atoms with E-state index in [2.05, 4.69) is 11.9 Å². The minimum absolute atomic E-state index is 0.0941. The van der Waals surface area contributed by atoms with Crippen molar-refractivity contribution in [2.75, 3.05) is 19.6 Å². The zero-order valence-corrected chi connectivity index (χ0v) is 15.9. The summed E-state index contributed by atoms with van der Waals surface area (Å²) in [5, 5.41) is 0. The number of nitrogens with zero attached hydrogens (tertiary/aromatic N) is 3. The first-order chi connectivity index (χ1) is 12.6. The van der Waals surface area contributed by atoms with Gasteiger partial charge >= 0.3 is 0 Å². The van der Waals surface area contributed by atoms with Crippen molar-refractivity contribution in [1.29, 1.82) is 0 Å². The lowest BCUT2D eigenvalue weighted by atomic mass is 9.80. The Labute approximate surface area is 155 Å². The van der Waals surface area contributed by atoms with E-state index in [0.29, 0.717) is 12.5 Å². The van der Waals surface area contributed by atoms with Crippen LogP contribution in [-0.4, -0.2) is 46.2 Å². The van der Waals surface area contributed by atoms with E-state index < -0.39 is 0 Å². The van der Waals surface area contributed by atoms with Gasteiger partial charge in [-0.25, -0.2) is 0 Å². The van der Waals surface area contributed by atoms with Gasteiger partial charge < -0.3 is 9.80 Å². The van der Waals surface area contributed by atoms with Crippen LogP contribution >= 0.6 is 0 Å². The van der Waals surface area contributed by atoms with E-state index in [9.17, 15) is 9.59 Å². The number of amides is 2. The third kappa shape index (κ3) is 2.63. The molecule has 4 rings (SSSR count). The molecule has 3 aliphatic rings. The SMILES string of the molecule is CCN1C(=O)c2cccnc2C12CCN(C(=O)C1CCC(C)CC1)CC2. The van der Waals surface area contributed by atoms with Gasteiger partial charge in [0, 0.05) is 31.7 Å². The highest BCUT2D eigenvalue weighted by Gasteiger charge is 2.52. The predicted molar refractivity (Wildman–Crippen MR) is 99.6 cm³/mol. The maximum absolute atomic E-state index is 13.0.